The van der Waals surface area contributed by atoms with Gasteiger partial charge in [0.05, 0.1) is 13.2 Å². The van der Waals surface area contributed by atoms with E-state index in [1.807, 2.05) is 27.7 Å². The molecule has 5 nitrogen and oxygen atoms in total. The lowest BCUT2D eigenvalue weighted by Gasteiger charge is -2.16. The number of hydrogen-bond acceptors (Lipinski definition) is 5. The van der Waals surface area contributed by atoms with Crippen molar-refractivity contribution >= 4 is 17.5 Å². The van der Waals surface area contributed by atoms with Crippen LogP contribution in [0.1, 0.15) is 27.7 Å². The summed E-state index contributed by atoms with van der Waals surface area (Å²) in [4.78, 5) is 35.5. The molecule has 0 atom stereocenters. The smallest absolute Gasteiger partial charge is 0.346 e. The zero-order valence-corrected chi connectivity index (χ0v) is 12.3. The third-order valence-corrected chi connectivity index (χ3v) is 2.40. The van der Waals surface area contributed by atoms with E-state index in [0.29, 0.717) is 0 Å². The van der Waals surface area contributed by atoms with Crippen LogP contribution in [0.2, 0.25) is 0 Å². The van der Waals surface area contributed by atoms with Crippen molar-refractivity contribution in [3.05, 3.63) is 23.5 Å². The lowest BCUT2D eigenvalue weighted by Crippen LogP contribution is -2.25. The van der Waals surface area contributed by atoms with Gasteiger partial charge in [0.1, 0.15) is 0 Å². The fourth-order valence-electron chi connectivity index (χ4n) is 1.45. The Balaban J connectivity index is 2.97. The maximum absolute atomic E-state index is 11.9. The number of allylic oxidation sites excluding steroid dienone is 2. The summed E-state index contributed by atoms with van der Waals surface area (Å²) in [5.74, 6) is -1.74. The fourth-order valence-corrected chi connectivity index (χ4v) is 1.45. The summed E-state index contributed by atoms with van der Waals surface area (Å²) < 4.78 is 10.3. The van der Waals surface area contributed by atoms with Crippen LogP contribution in [0.3, 0.4) is 0 Å². The first kappa shape index (κ1) is 16.1. The van der Waals surface area contributed by atoms with Crippen molar-refractivity contribution in [1.29, 1.82) is 0 Å². The van der Waals surface area contributed by atoms with Crippen LogP contribution in [-0.2, 0) is 23.9 Å². The van der Waals surface area contributed by atoms with Gasteiger partial charge in [0.2, 0.25) is 5.78 Å². The second-order valence-electron chi connectivity index (χ2n) is 5.46. The number of ether oxygens (including phenoxy) is 2. The predicted molar refractivity (Wildman–Crippen MR) is 72.8 cm³/mol. The molecule has 0 saturated carbocycles. The quantitative estimate of drug-likeness (QED) is 0.421. The summed E-state index contributed by atoms with van der Waals surface area (Å²) in [6.07, 6.45) is 2.17. The Hall–Kier alpha value is -1.91. The maximum Gasteiger partial charge on any atom is 0.346 e. The summed E-state index contributed by atoms with van der Waals surface area (Å²) in [5, 5.41) is 0. The topological polar surface area (TPSA) is 69.7 Å². The van der Waals surface area contributed by atoms with E-state index < -0.39 is 17.5 Å². The first-order chi connectivity index (χ1) is 9.32. The largest absolute Gasteiger partial charge is 0.488 e. The van der Waals surface area contributed by atoms with Crippen LogP contribution in [0.5, 0.6) is 0 Å². The number of ketones is 2. The molecular formula is C15H20O5. The third-order valence-electron chi connectivity index (χ3n) is 2.40. The standard InChI is InChI=1S/C15H20O5/c1-9(2)7-19-14-12(17)6-5-11(16)13(14)15(18)20-8-10(3)4/h5-6,9-10H,7-8H2,1-4H3. The molecule has 0 heterocycles. The van der Waals surface area contributed by atoms with Crippen LogP contribution in [0.25, 0.3) is 0 Å². The van der Waals surface area contributed by atoms with Crippen molar-refractivity contribution in [2.45, 2.75) is 27.7 Å². The van der Waals surface area contributed by atoms with Gasteiger partial charge in [-0.1, -0.05) is 27.7 Å². The van der Waals surface area contributed by atoms with Gasteiger partial charge in [0.25, 0.3) is 0 Å². The molecule has 1 rings (SSSR count). The molecule has 0 aromatic heterocycles. The second kappa shape index (κ2) is 7.03. The molecule has 0 aromatic rings. The van der Waals surface area contributed by atoms with Gasteiger partial charge in [-0.05, 0) is 24.0 Å². The molecule has 0 spiro atoms. The lowest BCUT2D eigenvalue weighted by atomic mass is 10.0. The average Bonchev–Trinajstić information content (AvgIpc) is 2.36. The molecule has 0 saturated heterocycles. The van der Waals surface area contributed by atoms with Crippen LogP contribution in [0.4, 0.5) is 0 Å². The summed E-state index contributed by atoms with van der Waals surface area (Å²) in [5.41, 5.74) is -0.307. The molecule has 0 fully saturated rings. The Bertz CT molecular complexity index is 469. The van der Waals surface area contributed by atoms with E-state index in [9.17, 15) is 14.4 Å². The summed E-state index contributed by atoms with van der Waals surface area (Å²) in [6, 6.07) is 0. The molecule has 0 aromatic carbocycles. The van der Waals surface area contributed by atoms with Crippen LogP contribution in [0.15, 0.2) is 23.5 Å². The van der Waals surface area contributed by atoms with Gasteiger partial charge in [-0.15, -0.1) is 0 Å². The third kappa shape index (κ3) is 4.33. The van der Waals surface area contributed by atoms with Gasteiger partial charge in [-0.2, -0.15) is 0 Å². The SMILES string of the molecule is CC(C)COC(=O)C1=C(OCC(C)C)C(=O)C=CC1=O. The van der Waals surface area contributed by atoms with E-state index >= 15 is 0 Å². The predicted octanol–water partition coefficient (Wildman–Crippen LogP) is 1.82. The van der Waals surface area contributed by atoms with E-state index in [4.69, 9.17) is 9.47 Å². The number of carbonyl (C=O) groups is 3. The first-order valence-electron chi connectivity index (χ1n) is 6.63. The van der Waals surface area contributed by atoms with Gasteiger partial charge >= 0.3 is 5.97 Å². The average molecular weight is 280 g/mol. The van der Waals surface area contributed by atoms with Crippen molar-refractivity contribution in [3.8, 4) is 0 Å². The van der Waals surface area contributed by atoms with Crippen molar-refractivity contribution < 1.29 is 23.9 Å². The summed E-state index contributed by atoms with van der Waals surface area (Å²) >= 11 is 0. The van der Waals surface area contributed by atoms with E-state index in [2.05, 4.69) is 0 Å². The van der Waals surface area contributed by atoms with Crippen molar-refractivity contribution in [1.82, 2.24) is 0 Å². The number of rotatable bonds is 6. The van der Waals surface area contributed by atoms with E-state index in [-0.39, 0.29) is 36.4 Å². The van der Waals surface area contributed by atoms with Crippen LogP contribution in [0, 0.1) is 11.8 Å². The van der Waals surface area contributed by atoms with Crippen LogP contribution >= 0.6 is 0 Å². The first-order valence-corrected chi connectivity index (χ1v) is 6.63. The number of esters is 1. The number of hydrogen-bond donors (Lipinski definition) is 0. The summed E-state index contributed by atoms with van der Waals surface area (Å²) in [6.45, 7) is 8.01. The monoisotopic (exact) mass is 280 g/mol. The molecule has 0 radical (unpaired) electrons. The number of carbonyl (C=O) groups excluding carboxylic acids is 3. The Morgan fingerprint density at radius 2 is 1.55 bits per heavy atom. The minimum Gasteiger partial charge on any atom is -0.488 e. The van der Waals surface area contributed by atoms with E-state index in [0.717, 1.165) is 12.2 Å². The zero-order chi connectivity index (χ0) is 15.3. The molecule has 5 heteroatoms. The lowest BCUT2D eigenvalue weighted by molar-refractivity contribution is -0.142. The van der Waals surface area contributed by atoms with Gasteiger partial charge in [0, 0.05) is 0 Å². The van der Waals surface area contributed by atoms with Crippen molar-refractivity contribution in [2.24, 2.45) is 11.8 Å². The highest BCUT2D eigenvalue weighted by atomic mass is 16.5. The molecule has 0 N–H and O–H groups in total. The van der Waals surface area contributed by atoms with Gasteiger partial charge in [-0.25, -0.2) is 4.79 Å². The Labute approximate surface area is 118 Å². The Kier molecular flexibility index (Phi) is 5.67. The normalized spacial score (nSPS) is 15.3. The van der Waals surface area contributed by atoms with Gasteiger partial charge in [-0.3, -0.25) is 9.59 Å². The van der Waals surface area contributed by atoms with Crippen molar-refractivity contribution in [3.63, 3.8) is 0 Å². The zero-order valence-electron chi connectivity index (χ0n) is 12.3. The van der Waals surface area contributed by atoms with Crippen molar-refractivity contribution in [2.75, 3.05) is 13.2 Å². The Morgan fingerprint density at radius 1 is 1.00 bits per heavy atom. The minimum atomic E-state index is -0.805. The molecule has 0 amide bonds. The minimum absolute atomic E-state index is 0.143. The van der Waals surface area contributed by atoms with E-state index in [1.165, 1.54) is 0 Å². The fraction of sp³-hybridized carbons (Fsp3) is 0.533. The second-order valence-corrected chi connectivity index (χ2v) is 5.46. The highest BCUT2D eigenvalue weighted by molar-refractivity contribution is 6.30. The van der Waals surface area contributed by atoms with Gasteiger partial charge in [0.15, 0.2) is 17.1 Å². The maximum atomic E-state index is 11.9. The molecule has 1 aliphatic rings. The Morgan fingerprint density at radius 3 is 2.10 bits per heavy atom. The van der Waals surface area contributed by atoms with E-state index in [1.54, 1.807) is 0 Å². The van der Waals surface area contributed by atoms with Gasteiger partial charge < -0.3 is 9.47 Å². The molecule has 0 unspecified atom stereocenters. The molecule has 20 heavy (non-hydrogen) atoms. The highest BCUT2D eigenvalue weighted by Gasteiger charge is 2.31. The van der Waals surface area contributed by atoms with Crippen LogP contribution in [-0.4, -0.2) is 30.7 Å². The van der Waals surface area contributed by atoms with Crippen LogP contribution < -0.4 is 0 Å². The molecular weight excluding hydrogens is 260 g/mol. The molecule has 1 aliphatic carbocycles. The highest BCUT2D eigenvalue weighted by Crippen LogP contribution is 2.18. The molecule has 0 aliphatic heterocycles. The molecule has 0 bridgehead atoms. The molecule has 110 valence electrons. The summed E-state index contributed by atoms with van der Waals surface area (Å²) in [7, 11) is 0.